The number of methoxy groups -OCH3 is 2. The molecule has 0 aliphatic carbocycles. The lowest BCUT2D eigenvalue weighted by molar-refractivity contribution is -0.139. The molecule has 1 aliphatic rings. The quantitative estimate of drug-likeness (QED) is 0.455. The average molecular weight is 513 g/mol. The van der Waals surface area contributed by atoms with Crippen LogP contribution in [0.1, 0.15) is 34.8 Å². The van der Waals surface area contributed by atoms with Crippen LogP contribution in [0.4, 0.5) is 10.1 Å². The van der Waals surface area contributed by atoms with E-state index in [1.165, 1.54) is 26.4 Å². The van der Waals surface area contributed by atoms with Gasteiger partial charge in [0.05, 0.1) is 14.2 Å². The SMILES string of the molecule is CCC1Oc2ccc(NC(=O)c3cc(OC)cc(OC)c3)cc2CN(Cc2ccc(F)cc2Cl)C1=O. The lowest BCUT2D eigenvalue weighted by Gasteiger charge is -2.23. The highest BCUT2D eigenvalue weighted by Crippen LogP contribution is 2.31. The van der Waals surface area contributed by atoms with Gasteiger partial charge in [0.25, 0.3) is 11.8 Å². The number of hydrogen-bond donors (Lipinski definition) is 1. The molecule has 2 amide bonds. The standard InChI is InChI=1S/C27H26ClFN2O5/c1-4-24-27(33)31(14-16-5-6-19(29)12-23(16)28)15-18-9-20(7-8-25(18)36-24)30-26(32)17-10-21(34-2)13-22(11-17)35-3/h5-13,24H,4,14-15H2,1-3H3,(H,30,32). The number of nitrogens with one attached hydrogen (secondary N) is 1. The summed E-state index contributed by atoms with van der Waals surface area (Å²) >= 11 is 6.22. The second-order valence-electron chi connectivity index (χ2n) is 8.32. The summed E-state index contributed by atoms with van der Waals surface area (Å²) in [5, 5.41) is 3.12. The second kappa shape index (κ2) is 10.9. The third kappa shape index (κ3) is 5.54. The van der Waals surface area contributed by atoms with Crippen molar-refractivity contribution in [2.45, 2.75) is 32.5 Å². The highest BCUT2D eigenvalue weighted by atomic mass is 35.5. The van der Waals surface area contributed by atoms with Crippen LogP contribution in [0.15, 0.2) is 54.6 Å². The summed E-state index contributed by atoms with van der Waals surface area (Å²) in [5.41, 5.74) is 2.25. The monoisotopic (exact) mass is 512 g/mol. The van der Waals surface area contributed by atoms with E-state index in [2.05, 4.69) is 5.32 Å². The molecule has 3 aromatic rings. The Bertz CT molecular complexity index is 1280. The van der Waals surface area contributed by atoms with Gasteiger partial charge in [-0.3, -0.25) is 9.59 Å². The molecular formula is C27H26ClFN2O5. The molecule has 1 heterocycles. The summed E-state index contributed by atoms with van der Waals surface area (Å²) in [6.07, 6.45) is -0.197. The summed E-state index contributed by atoms with van der Waals surface area (Å²) in [5.74, 6) is 0.564. The van der Waals surface area contributed by atoms with Crippen LogP contribution in [-0.2, 0) is 17.9 Å². The van der Waals surface area contributed by atoms with Crippen molar-refractivity contribution in [1.82, 2.24) is 4.90 Å². The first-order valence-corrected chi connectivity index (χ1v) is 11.8. The van der Waals surface area contributed by atoms with Crippen molar-refractivity contribution in [1.29, 1.82) is 0 Å². The number of nitrogens with zero attached hydrogens (tertiary/aromatic N) is 1. The lowest BCUT2D eigenvalue weighted by atomic mass is 10.1. The van der Waals surface area contributed by atoms with Gasteiger partial charge < -0.3 is 24.4 Å². The summed E-state index contributed by atoms with van der Waals surface area (Å²) < 4.78 is 30.0. The first-order valence-electron chi connectivity index (χ1n) is 11.4. The first-order chi connectivity index (χ1) is 17.3. The Balaban J connectivity index is 1.60. The minimum absolute atomic E-state index is 0.192. The van der Waals surface area contributed by atoms with E-state index >= 15 is 0 Å². The number of amides is 2. The van der Waals surface area contributed by atoms with E-state index in [1.807, 2.05) is 6.92 Å². The molecule has 188 valence electrons. The van der Waals surface area contributed by atoms with E-state index in [9.17, 15) is 14.0 Å². The Morgan fingerprint density at radius 1 is 1.11 bits per heavy atom. The summed E-state index contributed by atoms with van der Waals surface area (Å²) in [4.78, 5) is 27.8. The van der Waals surface area contributed by atoms with Crippen LogP contribution < -0.4 is 19.5 Å². The average Bonchev–Trinajstić information content (AvgIpc) is 3.01. The molecule has 0 saturated heterocycles. The van der Waals surface area contributed by atoms with E-state index in [1.54, 1.807) is 47.4 Å². The molecule has 0 aromatic heterocycles. The van der Waals surface area contributed by atoms with Gasteiger partial charge >= 0.3 is 0 Å². The Hall–Kier alpha value is -3.78. The topological polar surface area (TPSA) is 77.1 Å². The Kier molecular flexibility index (Phi) is 7.64. The number of halogens is 2. The van der Waals surface area contributed by atoms with Crippen LogP contribution in [0.25, 0.3) is 0 Å². The van der Waals surface area contributed by atoms with Crippen molar-refractivity contribution in [2.75, 3.05) is 19.5 Å². The van der Waals surface area contributed by atoms with E-state index < -0.39 is 11.9 Å². The molecule has 7 nitrogen and oxygen atoms in total. The number of fused-ring (bicyclic) bond motifs is 1. The lowest BCUT2D eigenvalue weighted by Crippen LogP contribution is -2.38. The third-order valence-electron chi connectivity index (χ3n) is 5.90. The van der Waals surface area contributed by atoms with Gasteiger partial charge in [-0.05, 0) is 54.4 Å². The van der Waals surface area contributed by atoms with Crippen molar-refractivity contribution in [3.8, 4) is 17.2 Å². The molecule has 36 heavy (non-hydrogen) atoms. The number of anilines is 1. The fraction of sp³-hybridized carbons (Fsp3) is 0.259. The van der Waals surface area contributed by atoms with Crippen molar-refractivity contribution in [3.05, 3.63) is 82.1 Å². The molecule has 0 spiro atoms. The maximum Gasteiger partial charge on any atom is 0.264 e. The van der Waals surface area contributed by atoms with Gasteiger partial charge in [0.1, 0.15) is 23.1 Å². The summed E-state index contributed by atoms with van der Waals surface area (Å²) in [6.45, 7) is 2.29. The van der Waals surface area contributed by atoms with Crippen LogP contribution in [0.5, 0.6) is 17.2 Å². The molecule has 1 unspecified atom stereocenters. The predicted octanol–water partition coefficient (Wildman–Crippen LogP) is 5.45. The zero-order valence-electron chi connectivity index (χ0n) is 20.1. The maximum absolute atomic E-state index is 13.5. The molecule has 4 rings (SSSR count). The number of rotatable bonds is 7. The molecule has 0 fully saturated rings. The van der Waals surface area contributed by atoms with Crippen molar-refractivity contribution in [3.63, 3.8) is 0 Å². The van der Waals surface area contributed by atoms with Crippen molar-refractivity contribution in [2.24, 2.45) is 0 Å². The number of hydrogen-bond acceptors (Lipinski definition) is 5. The van der Waals surface area contributed by atoms with E-state index in [0.717, 1.165) is 5.56 Å². The van der Waals surface area contributed by atoms with Crippen molar-refractivity contribution >= 4 is 29.1 Å². The highest BCUT2D eigenvalue weighted by Gasteiger charge is 2.30. The fourth-order valence-corrected chi connectivity index (χ4v) is 4.20. The van der Waals surface area contributed by atoms with E-state index in [-0.39, 0.29) is 29.9 Å². The molecule has 1 aliphatic heterocycles. The third-order valence-corrected chi connectivity index (χ3v) is 6.25. The Labute approximate surface area is 213 Å². The van der Waals surface area contributed by atoms with Gasteiger partial charge in [0.2, 0.25) is 0 Å². The smallest absolute Gasteiger partial charge is 0.264 e. The van der Waals surface area contributed by atoms with E-state index in [0.29, 0.717) is 40.5 Å². The van der Waals surface area contributed by atoms with Gasteiger partial charge in [-0.15, -0.1) is 0 Å². The number of carbonyl (C=O) groups is 2. The molecule has 0 radical (unpaired) electrons. The summed E-state index contributed by atoms with van der Waals surface area (Å²) in [7, 11) is 3.03. The van der Waals surface area contributed by atoms with Crippen LogP contribution in [-0.4, -0.2) is 37.0 Å². The van der Waals surface area contributed by atoms with Crippen molar-refractivity contribution < 1.29 is 28.2 Å². The number of ether oxygens (including phenoxy) is 3. The Morgan fingerprint density at radius 3 is 2.47 bits per heavy atom. The highest BCUT2D eigenvalue weighted by molar-refractivity contribution is 6.31. The normalized spacial score (nSPS) is 15.0. The predicted molar refractivity (Wildman–Crippen MR) is 134 cm³/mol. The molecule has 3 aromatic carbocycles. The molecule has 0 bridgehead atoms. The van der Waals surface area contributed by atoms with Crippen LogP contribution in [0.3, 0.4) is 0 Å². The van der Waals surface area contributed by atoms with Gasteiger partial charge in [-0.2, -0.15) is 0 Å². The zero-order valence-corrected chi connectivity index (χ0v) is 20.9. The molecule has 0 saturated carbocycles. The maximum atomic E-state index is 13.5. The number of carbonyl (C=O) groups excluding carboxylic acids is 2. The van der Waals surface area contributed by atoms with Gasteiger partial charge in [0, 0.05) is 41.0 Å². The zero-order chi connectivity index (χ0) is 25.8. The number of benzene rings is 3. The van der Waals surface area contributed by atoms with Gasteiger partial charge in [-0.25, -0.2) is 4.39 Å². The Morgan fingerprint density at radius 2 is 1.83 bits per heavy atom. The van der Waals surface area contributed by atoms with E-state index in [4.69, 9.17) is 25.8 Å². The fourth-order valence-electron chi connectivity index (χ4n) is 3.98. The molecule has 1 atom stereocenters. The molecule has 1 N–H and O–H groups in total. The van der Waals surface area contributed by atoms with Gasteiger partial charge in [0.15, 0.2) is 6.10 Å². The van der Waals surface area contributed by atoms with Gasteiger partial charge in [-0.1, -0.05) is 24.6 Å². The second-order valence-corrected chi connectivity index (χ2v) is 8.73. The van der Waals surface area contributed by atoms with Crippen LogP contribution in [0, 0.1) is 5.82 Å². The van der Waals surface area contributed by atoms with Crippen LogP contribution >= 0.6 is 11.6 Å². The molecular weight excluding hydrogens is 487 g/mol. The first kappa shape index (κ1) is 25.3. The largest absolute Gasteiger partial charge is 0.497 e. The summed E-state index contributed by atoms with van der Waals surface area (Å²) in [6, 6.07) is 14.2. The molecule has 9 heteroatoms. The minimum atomic E-state index is -0.671. The van der Waals surface area contributed by atoms with Crippen LogP contribution in [0.2, 0.25) is 5.02 Å². The minimum Gasteiger partial charge on any atom is -0.497 e.